The molecule has 0 saturated heterocycles. The second kappa shape index (κ2) is 5.37. The average Bonchev–Trinajstić information content (AvgIpc) is 2.37. The fourth-order valence-electron chi connectivity index (χ4n) is 2.44. The van der Waals surface area contributed by atoms with Gasteiger partial charge < -0.3 is 10.6 Å². The number of nitrogens with two attached hydrogens (primary N) is 1. The summed E-state index contributed by atoms with van der Waals surface area (Å²) >= 11 is 0. The average molecular weight is 268 g/mol. The lowest BCUT2D eigenvalue weighted by Crippen LogP contribution is -2.28. The van der Waals surface area contributed by atoms with Crippen LogP contribution in [0.1, 0.15) is 27.0 Å². The first-order valence-electron chi connectivity index (χ1n) is 6.62. The van der Waals surface area contributed by atoms with Crippen molar-refractivity contribution in [3.63, 3.8) is 0 Å². The van der Waals surface area contributed by atoms with E-state index in [1.807, 2.05) is 45.0 Å². The molecular weight excluding hydrogens is 248 g/mol. The normalized spacial score (nSPS) is 10.4. The van der Waals surface area contributed by atoms with Gasteiger partial charge in [-0.2, -0.15) is 0 Å². The van der Waals surface area contributed by atoms with Gasteiger partial charge in [0, 0.05) is 18.4 Å². The number of benzene rings is 2. The van der Waals surface area contributed by atoms with Crippen LogP contribution in [0.15, 0.2) is 36.4 Å². The summed E-state index contributed by atoms with van der Waals surface area (Å²) in [5.74, 6) is -0.0763. The van der Waals surface area contributed by atoms with Crippen molar-refractivity contribution in [2.24, 2.45) is 0 Å². The first-order chi connectivity index (χ1) is 9.41. The van der Waals surface area contributed by atoms with E-state index in [0.717, 1.165) is 16.8 Å². The van der Waals surface area contributed by atoms with Crippen molar-refractivity contribution < 1.29 is 4.79 Å². The highest BCUT2D eigenvalue weighted by atomic mass is 16.2. The largest absolute Gasteiger partial charge is 0.398 e. The molecule has 0 spiro atoms. The summed E-state index contributed by atoms with van der Waals surface area (Å²) in [5.41, 5.74) is 11.1. The van der Waals surface area contributed by atoms with Crippen molar-refractivity contribution >= 4 is 17.3 Å². The highest BCUT2D eigenvalue weighted by Gasteiger charge is 2.19. The fraction of sp³-hybridized carbons (Fsp3) is 0.235. The third kappa shape index (κ3) is 2.52. The van der Waals surface area contributed by atoms with Gasteiger partial charge in [-0.05, 0) is 44.0 Å². The molecule has 104 valence electrons. The van der Waals surface area contributed by atoms with E-state index in [9.17, 15) is 4.79 Å². The van der Waals surface area contributed by atoms with Crippen molar-refractivity contribution in [2.45, 2.75) is 20.8 Å². The van der Waals surface area contributed by atoms with Crippen molar-refractivity contribution in [1.29, 1.82) is 0 Å². The molecule has 2 rings (SSSR count). The zero-order valence-electron chi connectivity index (χ0n) is 12.4. The Kier molecular flexibility index (Phi) is 3.79. The van der Waals surface area contributed by atoms with Crippen molar-refractivity contribution in [3.8, 4) is 0 Å². The van der Waals surface area contributed by atoms with Gasteiger partial charge in [0.1, 0.15) is 0 Å². The first kappa shape index (κ1) is 14.1. The predicted octanol–water partition coefficient (Wildman–Crippen LogP) is 3.47. The summed E-state index contributed by atoms with van der Waals surface area (Å²) in [6.45, 7) is 5.95. The van der Waals surface area contributed by atoms with Gasteiger partial charge in [0.2, 0.25) is 0 Å². The van der Waals surface area contributed by atoms with Crippen molar-refractivity contribution in [1.82, 2.24) is 0 Å². The van der Waals surface area contributed by atoms with E-state index >= 15 is 0 Å². The molecule has 2 N–H and O–H groups in total. The number of hydrogen-bond acceptors (Lipinski definition) is 2. The molecule has 3 nitrogen and oxygen atoms in total. The zero-order chi connectivity index (χ0) is 14.9. The minimum absolute atomic E-state index is 0.0763. The molecule has 0 bridgehead atoms. The molecular formula is C17H20N2O. The summed E-state index contributed by atoms with van der Waals surface area (Å²) in [6.07, 6.45) is 0. The van der Waals surface area contributed by atoms with E-state index in [2.05, 4.69) is 6.07 Å². The first-order valence-corrected chi connectivity index (χ1v) is 6.62. The predicted molar refractivity (Wildman–Crippen MR) is 84.2 cm³/mol. The number of carbonyl (C=O) groups is 1. The summed E-state index contributed by atoms with van der Waals surface area (Å²) in [4.78, 5) is 14.3. The molecule has 2 aromatic carbocycles. The van der Waals surface area contributed by atoms with Crippen LogP contribution in [0.5, 0.6) is 0 Å². The smallest absolute Gasteiger partial charge is 0.260 e. The van der Waals surface area contributed by atoms with E-state index in [1.165, 1.54) is 5.56 Å². The molecule has 2 aromatic rings. The van der Waals surface area contributed by atoms with Crippen molar-refractivity contribution in [3.05, 3.63) is 58.7 Å². The van der Waals surface area contributed by atoms with Crippen LogP contribution in [0, 0.1) is 20.8 Å². The maximum absolute atomic E-state index is 12.7. The molecule has 0 fully saturated rings. The number of anilines is 2. The minimum Gasteiger partial charge on any atom is -0.398 e. The minimum atomic E-state index is -0.0763. The van der Waals surface area contributed by atoms with Crippen LogP contribution in [-0.4, -0.2) is 13.0 Å². The van der Waals surface area contributed by atoms with Crippen LogP contribution < -0.4 is 10.6 Å². The number of amides is 1. The monoisotopic (exact) mass is 268 g/mol. The van der Waals surface area contributed by atoms with Crippen LogP contribution in [0.25, 0.3) is 0 Å². The molecule has 0 unspecified atom stereocenters. The molecule has 20 heavy (non-hydrogen) atoms. The van der Waals surface area contributed by atoms with Crippen LogP contribution in [-0.2, 0) is 0 Å². The summed E-state index contributed by atoms with van der Waals surface area (Å²) in [7, 11) is 1.78. The Morgan fingerprint density at radius 3 is 2.35 bits per heavy atom. The SMILES string of the molecule is Cc1ccc(N(C)C(=O)c2c(C)cccc2N)c(C)c1. The molecule has 0 heterocycles. The third-order valence-electron chi connectivity index (χ3n) is 3.54. The van der Waals surface area contributed by atoms with Gasteiger partial charge >= 0.3 is 0 Å². The fourth-order valence-corrected chi connectivity index (χ4v) is 2.44. The molecule has 0 radical (unpaired) electrons. The molecule has 0 aliphatic rings. The Bertz CT molecular complexity index is 642. The Morgan fingerprint density at radius 2 is 1.75 bits per heavy atom. The summed E-state index contributed by atoms with van der Waals surface area (Å²) < 4.78 is 0. The van der Waals surface area contributed by atoms with Crippen LogP contribution in [0.4, 0.5) is 11.4 Å². The Labute approximate surface area is 120 Å². The number of hydrogen-bond donors (Lipinski definition) is 1. The van der Waals surface area contributed by atoms with E-state index in [-0.39, 0.29) is 5.91 Å². The molecule has 0 atom stereocenters. The van der Waals surface area contributed by atoms with E-state index in [1.54, 1.807) is 18.0 Å². The number of carbonyl (C=O) groups excluding carboxylic acids is 1. The van der Waals surface area contributed by atoms with Crippen LogP contribution in [0.2, 0.25) is 0 Å². The Balaban J connectivity index is 2.43. The summed E-state index contributed by atoms with van der Waals surface area (Å²) in [6, 6.07) is 11.6. The number of aryl methyl sites for hydroxylation is 3. The lowest BCUT2D eigenvalue weighted by molar-refractivity contribution is 0.0993. The van der Waals surface area contributed by atoms with Gasteiger partial charge in [-0.1, -0.05) is 29.8 Å². The quantitative estimate of drug-likeness (QED) is 0.848. The van der Waals surface area contributed by atoms with Crippen LogP contribution >= 0.6 is 0 Å². The lowest BCUT2D eigenvalue weighted by atomic mass is 10.0. The maximum Gasteiger partial charge on any atom is 0.260 e. The molecule has 0 saturated carbocycles. The summed E-state index contributed by atoms with van der Waals surface area (Å²) in [5, 5.41) is 0. The van der Waals surface area contributed by atoms with Gasteiger partial charge in [0.05, 0.1) is 5.56 Å². The Hall–Kier alpha value is -2.29. The van der Waals surface area contributed by atoms with Gasteiger partial charge in [0.25, 0.3) is 5.91 Å². The van der Waals surface area contributed by atoms with Gasteiger partial charge in [0.15, 0.2) is 0 Å². The van der Waals surface area contributed by atoms with Gasteiger partial charge in [-0.3, -0.25) is 4.79 Å². The number of nitrogen functional groups attached to an aromatic ring is 1. The van der Waals surface area contributed by atoms with Gasteiger partial charge in [-0.15, -0.1) is 0 Å². The van der Waals surface area contributed by atoms with E-state index < -0.39 is 0 Å². The molecule has 1 amide bonds. The molecule has 0 aliphatic heterocycles. The van der Waals surface area contributed by atoms with E-state index in [4.69, 9.17) is 5.73 Å². The second-order valence-electron chi connectivity index (χ2n) is 5.19. The standard InChI is InChI=1S/C17H20N2O/c1-11-8-9-15(13(3)10-11)19(4)17(20)16-12(2)6-5-7-14(16)18/h5-10H,18H2,1-4H3. The van der Waals surface area contributed by atoms with E-state index in [0.29, 0.717) is 11.3 Å². The topological polar surface area (TPSA) is 46.3 Å². The highest BCUT2D eigenvalue weighted by molar-refractivity contribution is 6.10. The highest BCUT2D eigenvalue weighted by Crippen LogP contribution is 2.24. The molecule has 0 aromatic heterocycles. The lowest BCUT2D eigenvalue weighted by Gasteiger charge is -2.21. The zero-order valence-corrected chi connectivity index (χ0v) is 12.4. The Morgan fingerprint density at radius 1 is 1.05 bits per heavy atom. The van der Waals surface area contributed by atoms with Gasteiger partial charge in [-0.25, -0.2) is 0 Å². The number of rotatable bonds is 2. The molecule has 3 heteroatoms. The third-order valence-corrected chi connectivity index (χ3v) is 3.54. The molecule has 0 aliphatic carbocycles. The van der Waals surface area contributed by atoms with Crippen molar-refractivity contribution in [2.75, 3.05) is 17.7 Å². The maximum atomic E-state index is 12.7. The number of nitrogens with zero attached hydrogens (tertiary/aromatic N) is 1. The van der Waals surface area contributed by atoms with Crippen LogP contribution in [0.3, 0.4) is 0 Å². The second-order valence-corrected chi connectivity index (χ2v) is 5.19.